The number of hydrogen-bond acceptors (Lipinski definition) is 2. The third kappa shape index (κ3) is 2.16. The van der Waals surface area contributed by atoms with E-state index in [0.717, 1.165) is 11.1 Å². The minimum atomic E-state index is -0.476. The van der Waals surface area contributed by atoms with E-state index in [4.69, 9.17) is 6.42 Å². The fourth-order valence-corrected chi connectivity index (χ4v) is 1.47. The highest BCUT2D eigenvalue weighted by atomic mass is 16.6. The fraction of sp³-hybridized carbons (Fsp3) is 0.333. The molecule has 0 atom stereocenters. The van der Waals surface area contributed by atoms with Gasteiger partial charge < -0.3 is 0 Å². The molecule has 78 valence electrons. The standard InChI is InChI=1S/C12H13NO2/c1-5-12(3,4)11-8-10(13(14)15)7-6-9(11)2/h1,6-8H,2-4H3. The Bertz CT molecular complexity index is 441. The van der Waals surface area contributed by atoms with Crippen LogP contribution in [0.5, 0.6) is 0 Å². The quantitative estimate of drug-likeness (QED) is 0.421. The maximum Gasteiger partial charge on any atom is 0.269 e. The third-order valence-corrected chi connectivity index (χ3v) is 2.47. The number of hydrogen-bond donors (Lipinski definition) is 0. The highest BCUT2D eigenvalue weighted by Gasteiger charge is 2.22. The van der Waals surface area contributed by atoms with Crippen LogP contribution in [0.3, 0.4) is 0 Å². The normalized spacial score (nSPS) is 10.8. The summed E-state index contributed by atoms with van der Waals surface area (Å²) < 4.78 is 0. The van der Waals surface area contributed by atoms with Crippen molar-refractivity contribution in [2.75, 3.05) is 0 Å². The molecule has 0 radical (unpaired) electrons. The van der Waals surface area contributed by atoms with Crippen LogP contribution >= 0.6 is 0 Å². The van der Waals surface area contributed by atoms with Gasteiger partial charge in [-0.3, -0.25) is 10.1 Å². The fourth-order valence-electron chi connectivity index (χ4n) is 1.47. The Morgan fingerprint density at radius 1 is 1.47 bits per heavy atom. The Morgan fingerprint density at radius 2 is 2.07 bits per heavy atom. The molecule has 0 saturated carbocycles. The minimum absolute atomic E-state index is 0.0823. The van der Waals surface area contributed by atoms with Gasteiger partial charge in [0.05, 0.1) is 10.3 Å². The molecule has 0 fully saturated rings. The Balaban J connectivity index is 3.36. The first kappa shape index (κ1) is 11.3. The van der Waals surface area contributed by atoms with Gasteiger partial charge in [-0.05, 0) is 31.9 Å². The Hall–Kier alpha value is -1.82. The maximum atomic E-state index is 10.6. The summed E-state index contributed by atoms with van der Waals surface area (Å²) in [5.74, 6) is 2.64. The number of benzene rings is 1. The lowest BCUT2D eigenvalue weighted by Gasteiger charge is -2.20. The number of nitro groups is 1. The molecule has 0 aliphatic carbocycles. The summed E-state index contributed by atoms with van der Waals surface area (Å²) in [6, 6.07) is 4.77. The summed E-state index contributed by atoms with van der Waals surface area (Å²) in [5, 5.41) is 10.6. The number of terminal acetylenes is 1. The van der Waals surface area contributed by atoms with Crippen molar-refractivity contribution in [1.82, 2.24) is 0 Å². The van der Waals surface area contributed by atoms with Gasteiger partial charge in [0.2, 0.25) is 0 Å². The molecule has 0 N–H and O–H groups in total. The first-order valence-corrected chi connectivity index (χ1v) is 4.62. The molecular weight excluding hydrogens is 190 g/mol. The van der Waals surface area contributed by atoms with Crippen molar-refractivity contribution in [3.05, 3.63) is 39.4 Å². The van der Waals surface area contributed by atoms with Crippen LogP contribution < -0.4 is 0 Å². The average molecular weight is 203 g/mol. The van der Waals surface area contributed by atoms with E-state index in [1.165, 1.54) is 6.07 Å². The second kappa shape index (κ2) is 3.74. The molecule has 0 aliphatic rings. The molecule has 0 spiro atoms. The molecule has 3 nitrogen and oxygen atoms in total. The van der Waals surface area contributed by atoms with Crippen molar-refractivity contribution in [1.29, 1.82) is 0 Å². The predicted molar refractivity (Wildman–Crippen MR) is 59.7 cm³/mol. The van der Waals surface area contributed by atoms with Crippen LogP contribution in [0, 0.1) is 29.4 Å². The monoisotopic (exact) mass is 203 g/mol. The van der Waals surface area contributed by atoms with Gasteiger partial charge in [-0.2, -0.15) is 0 Å². The van der Waals surface area contributed by atoms with Crippen LogP contribution in [0.4, 0.5) is 5.69 Å². The molecule has 0 aromatic heterocycles. The van der Waals surface area contributed by atoms with E-state index in [9.17, 15) is 10.1 Å². The van der Waals surface area contributed by atoms with Crippen LogP contribution in [-0.4, -0.2) is 4.92 Å². The van der Waals surface area contributed by atoms with E-state index in [1.807, 2.05) is 20.8 Å². The van der Waals surface area contributed by atoms with Crippen molar-refractivity contribution >= 4 is 5.69 Å². The van der Waals surface area contributed by atoms with Gasteiger partial charge in [-0.1, -0.05) is 12.0 Å². The Kier molecular flexibility index (Phi) is 2.81. The first-order chi connectivity index (χ1) is 6.88. The van der Waals surface area contributed by atoms with Gasteiger partial charge in [0, 0.05) is 12.1 Å². The van der Waals surface area contributed by atoms with Crippen LogP contribution in [0.1, 0.15) is 25.0 Å². The minimum Gasteiger partial charge on any atom is -0.258 e. The van der Waals surface area contributed by atoms with Gasteiger partial charge in [-0.15, -0.1) is 6.42 Å². The molecule has 0 heterocycles. The molecule has 1 aromatic rings. The van der Waals surface area contributed by atoms with Gasteiger partial charge >= 0.3 is 0 Å². The molecule has 0 bridgehead atoms. The van der Waals surface area contributed by atoms with E-state index < -0.39 is 10.3 Å². The number of non-ortho nitro benzene ring substituents is 1. The number of aryl methyl sites for hydroxylation is 1. The number of nitro benzene ring substituents is 1. The molecule has 15 heavy (non-hydrogen) atoms. The molecule has 0 aliphatic heterocycles. The van der Waals surface area contributed by atoms with E-state index >= 15 is 0 Å². The molecule has 1 rings (SSSR count). The molecular formula is C12H13NO2. The zero-order valence-electron chi connectivity index (χ0n) is 9.07. The average Bonchev–Trinajstić information content (AvgIpc) is 2.17. The van der Waals surface area contributed by atoms with Gasteiger partial charge in [0.25, 0.3) is 5.69 Å². The predicted octanol–water partition coefficient (Wildman–Crippen LogP) is 2.81. The van der Waals surface area contributed by atoms with Gasteiger partial charge in [0.1, 0.15) is 0 Å². The lowest BCUT2D eigenvalue weighted by molar-refractivity contribution is -0.385. The maximum absolute atomic E-state index is 10.6. The Labute approximate surface area is 89.3 Å². The van der Waals surface area contributed by atoms with Crippen LogP contribution in [0.2, 0.25) is 0 Å². The van der Waals surface area contributed by atoms with E-state index in [2.05, 4.69) is 5.92 Å². The van der Waals surface area contributed by atoms with Crippen LogP contribution in [0.25, 0.3) is 0 Å². The highest BCUT2D eigenvalue weighted by molar-refractivity contribution is 5.45. The SMILES string of the molecule is C#CC(C)(C)c1cc([N+](=O)[O-])ccc1C. The van der Waals surface area contributed by atoms with Crippen molar-refractivity contribution < 1.29 is 4.92 Å². The van der Waals surface area contributed by atoms with Crippen molar-refractivity contribution in [2.45, 2.75) is 26.2 Å². The summed E-state index contributed by atoms with van der Waals surface area (Å²) in [5.41, 5.74) is 1.41. The lowest BCUT2D eigenvalue weighted by Crippen LogP contribution is -2.15. The summed E-state index contributed by atoms with van der Waals surface area (Å²) in [4.78, 5) is 10.2. The van der Waals surface area contributed by atoms with Crippen LogP contribution in [0.15, 0.2) is 18.2 Å². The first-order valence-electron chi connectivity index (χ1n) is 4.62. The lowest BCUT2D eigenvalue weighted by atomic mass is 9.83. The smallest absolute Gasteiger partial charge is 0.258 e. The second-order valence-corrected chi connectivity index (χ2v) is 4.03. The third-order valence-electron chi connectivity index (χ3n) is 2.47. The topological polar surface area (TPSA) is 43.1 Å². The van der Waals surface area contributed by atoms with Crippen molar-refractivity contribution in [3.8, 4) is 12.3 Å². The summed E-state index contributed by atoms with van der Waals surface area (Å²) in [6.07, 6.45) is 5.41. The molecule has 0 unspecified atom stereocenters. The molecule has 0 saturated heterocycles. The Morgan fingerprint density at radius 3 is 2.53 bits per heavy atom. The summed E-state index contributed by atoms with van der Waals surface area (Å²) in [6.45, 7) is 5.65. The van der Waals surface area contributed by atoms with Gasteiger partial charge in [0.15, 0.2) is 0 Å². The number of rotatable bonds is 2. The summed E-state index contributed by atoms with van der Waals surface area (Å²) in [7, 11) is 0. The van der Waals surface area contributed by atoms with E-state index in [-0.39, 0.29) is 5.69 Å². The zero-order valence-corrected chi connectivity index (χ0v) is 9.07. The second-order valence-electron chi connectivity index (χ2n) is 4.03. The molecule has 0 amide bonds. The summed E-state index contributed by atoms with van der Waals surface area (Å²) >= 11 is 0. The zero-order chi connectivity index (χ0) is 11.6. The molecule has 3 heteroatoms. The molecule has 1 aromatic carbocycles. The largest absolute Gasteiger partial charge is 0.269 e. The highest BCUT2D eigenvalue weighted by Crippen LogP contribution is 2.28. The van der Waals surface area contributed by atoms with E-state index in [1.54, 1.807) is 12.1 Å². The number of nitrogens with zero attached hydrogens (tertiary/aromatic N) is 1. The van der Waals surface area contributed by atoms with E-state index in [0.29, 0.717) is 0 Å². The van der Waals surface area contributed by atoms with Crippen molar-refractivity contribution in [2.24, 2.45) is 0 Å². The van der Waals surface area contributed by atoms with Crippen molar-refractivity contribution in [3.63, 3.8) is 0 Å². The van der Waals surface area contributed by atoms with Gasteiger partial charge in [-0.25, -0.2) is 0 Å². The van der Waals surface area contributed by atoms with Crippen LogP contribution in [-0.2, 0) is 5.41 Å².